The van der Waals surface area contributed by atoms with Gasteiger partial charge in [-0.25, -0.2) is 8.42 Å². The van der Waals surface area contributed by atoms with Crippen molar-refractivity contribution in [3.63, 3.8) is 0 Å². The van der Waals surface area contributed by atoms with Gasteiger partial charge in [0.25, 0.3) is 0 Å². The Morgan fingerprint density at radius 2 is 1.57 bits per heavy atom. The van der Waals surface area contributed by atoms with Gasteiger partial charge in [-0.1, -0.05) is 60.7 Å². The second-order valence-corrected chi connectivity index (χ2v) is 7.89. The molecule has 0 heterocycles. The maximum absolute atomic E-state index is 12.8. The number of benzene rings is 2. The summed E-state index contributed by atoms with van der Waals surface area (Å²) in [6.45, 7) is 0.115. The van der Waals surface area contributed by atoms with Crippen molar-refractivity contribution in [3.8, 4) is 0 Å². The lowest BCUT2D eigenvalue weighted by atomic mass is 10.1. The van der Waals surface area contributed by atoms with E-state index in [9.17, 15) is 13.5 Å². The monoisotopic (exact) mass is 331 g/mol. The van der Waals surface area contributed by atoms with Gasteiger partial charge in [-0.05, 0) is 24.0 Å². The SMILES string of the molecule is O=S(=O)(Cc1ccccc1)N(CC(O)c1ccccc1)C1CC1. The van der Waals surface area contributed by atoms with Crippen molar-refractivity contribution < 1.29 is 13.5 Å². The summed E-state index contributed by atoms with van der Waals surface area (Å²) in [6.07, 6.45) is 0.938. The lowest BCUT2D eigenvalue weighted by molar-refractivity contribution is 0.145. The molecule has 2 aromatic rings. The fraction of sp³-hybridized carbons (Fsp3) is 0.333. The Labute approximate surface area is 137 Å². The number of aliphatic hydroxyl groups excluding tert-OH is 1. The van der Waals surface area contributed by atoms with Gasteiger partial charge in [-0.15, -0.1) is 0 Å². The first-order valence-corrected chi connectivity index (χ1v) is 9.43. The maximum Gasteiger partial charge on any atom is 0.218 e. The third-order valence-corrected chi connectivity index (χ3v) is 5.90. The minimum Gasteiger partial charge on any atom is -0.387 e. The number of hydrogen-bond donors (Lipinski definition) is 1. The fourth-order valence-electron chi connectivity index (χ4n) is 2.67. The average molecular weight is 331 g/mol. The highest BCUT2D eigenvalue weighted by molar-refractivity contribution is 7.88. The van der Waals surface area contributed by atoms with Crippen molar-refractivity contribution in [2.75, 3.05) is 6.54 Å². The molecule has 1 fully saturated rings. The highest BCUT2D eigenvalue weighted by atomic mass is 32.2. The zero-order chi connectivity index (χ0) is 16.3. The molecule has 0 saturated heterocycles. The Balaban J connectivity index is 1.76. The van der Waals surface area contributed by atoms with E-state index in [0.29, 0.717) is 0 Å². The van der Waals surface area contributed by atoms with Crippen LogP contribution in [0.25, 0.3) is 0 Å². The minimum absolute atomic E-state index is 0.0220. The van der Waals surface area contributed by atoms with Gasteiger partial charge in [-0.2, -0.15) is 4.31 Å². The summed E-state index contributed by atoms with van der Waals surface area (Å²) in [4.78, 5) is 0. The number of sulfonamides is 1. The van der Waals surface area contributed by atoms with Crippen LogP contribution in [0.2, 0.25) is 0 Å². The first-order valence-electron chi connectivity index (χ1n) is 7.83. The van der Waals surface area contributed by atoms with Gasteiger partial charge in [0.2, 0.25) is 10.0 Å². The van der Waals surface area contributed by atoms with Crippen molar-refractivity contribution in [2.24, 2.45) is 0 Å². The van der Waals surface area contributed by atoms with Crippen molar-refractivity contribution in [2.45, 2.75) is 30.7 Å². The molecule has 1 aliphatic rings. The second kappa shape index (κ2) is 6.83. The highest BCUT2D eigenvalue weighted by Gasteiger charge is 2.38. The van der Waals surface area contributed by atoms with Crippen LogP contribution in [0.1, 0.15) is 30.1 Å². The van der Waals surface area contributed by atoms with Crippen LogP contribution >= 0.6 is 0 Å². The predicted octanol–water partition coefficient (Wildman–Crippen LogP) is 2.71. The molecule has 0 spiro atoms. The van der Waals surface area contributed by atoms with Crippen molar-refractivity contribution in [1.82, 2.24) is 4.31 Å². The number of aliphatic hydroxyl groups is 1. The van der Waals surface area contributed by atoms with Crippen LogP contribution in [0, 0.1) is 0 Å². The highest BCUT2D eigenvalue weighted by Crippen LogP contribution is 2.32. The van der Waals surface area contributed by atoms with E-state index in [4.69, 9.17) is 0 Å². The molecule has 3 rings (SSSR count). The molecule has 5 heteroatoms. The third kappa shape index (κ3) is 4.19. The molecular weight excluding hydrogens is 310 g/mol. The van der Waals surface area contributed by atoms with Gasteiger partial charge in [0.1, 0.15) is 0 Å². The van der Waals surface area contributed by atoms with Crippen LogP contribution in [0.15, 0.2) is 60.7 Å². The normalized spacial score (nSPS) is 16.4. The van der Waals surface area contributed by atoms with Crippen molar-refractivity contribution in [3.05, 3.63) is 71.8 Å². The van der Waals surface area contributed by atoms with Gasteiger partial charge in [0, 0.05) is 12.6 Å². The summed E-state index contributed by atoms with van der Waals surface area (Å²) in [5.41, 5.74) is 1.51. The van der Waals surface area contributed by atoms with E-state index in [-0.39, 0.29) is 18.3 Å². The molecule has 1 saturated carbocycles. The van der Waals surface area contributed by atoms with Crippen LogP contribution in [-0.2, 0) is 15.8 Å². The first-order chi connectivity index (χ1) is 11.1. The Hall–Kier alpha value is -1.69. The third-order valence-electron chi connectivity index (χ3n) is 4.04. The van der Waals surface area contributed by atoms with E-state index in [0.717, 1.165) is 24.0 Å². The Morgan fingerprint density at radius 3 is 2.13 bits per heavy atom. The van der Waals surface area contributed by atoms with E-state index in [1.54, 1.807) is 0 Å². The molecule has 1 atom stereocenters. The van der Waals surface area contributed by atoms with Crippen molar-refractivity contribution >= 4 is 10.0 Å². The van der Waals surface area contributed by atoms with Gasteiger partial charge >= 0.3 is 0 Å². The molecule has 23 heavy (non-hydrogen) atoms. The summed E-state index contributed by atoms with van der Waals surface area (Å²) < 4.78 is 27.0. The number of hydrogen-bond acceptors (Lipinski definition) is 3. The molecule has 1 N–H and O–H groups in total. The molecule has 1 unspecified atom stereocenters. The lowest BCUT2D eigenvalue weighted by Gasteiger charge is -2.25. The smallest absolute Gasteiger partial charge is 0.218 e. The molecule has 1 aliphatic carbocycles. The summed E-state index contributed by atoms with van der Waals surface area (Å²) in [5.74, 6) is -0.0220. The van der Waals surface area contributed by atoms with E-state index >= 15 is 0 Å². The topological polar surface area (TPSA) is 57.6 Å². The molecule has 0 aromatic heterocycles. The molecule has 0 amide bonds. The summed E-state index contributed by atoms with van der Waals surface area (Å²) in [6, 6.07) is 18.4. The van der Waals surface area contributed by atoms with Crippen LogP contribution < -0.4 is 0 Å². The minimum atomic E-state index is -3.44. The molecule has 122 valence electrons. The summed E-state index contributed by atoms with van der Waals surface area (Å²) in [7, 11) is -3.44. The molecule has 0 aliphatic heterocycles. The summed E-state index contributed by atoms with van der Waals surface area (Å²) in [5, 5.41) is 10.4. The molecule has 0 bridgehead atoms. The number of rotatable bonds is 7. The second-order valence-electron chi connectivity index (χ2n) is 5.97. The number of nitrogens with zero attached hydrogens (tertiary/aromatic N) is 1. The Bertz CT molecular complexity index is 727. The largest absolute Gasteiger partial charge is 0.387 e. The summed E-state index contributed by atoms with van der Waals surface area (Å²) >= 11 is 0. The van der Waals surface area contributed by atoms with Gasteiger partial charge < -0.3 is 5.11 Å². The molecule has 4 nitrogen and oxygen atoms in total. The lowest BCUT2D eigenvalue weighted by Crippen LogP contribution is -2.37. The first kappa shape index (κ1) is 16.2. The predicted molar refractivity (Wildman–Crippen MR) is 90.2 cm³/mol. The zero-order valence-electron chi connectivity index (χ0n) is 12.9. The van der Waals surface area contributed by atoms with Crippen LogP contribution in [-0.4, -0.2) is 30.4 Å². The fourth-order valence-corrected chi connectivity index (χ4v) is 4.48. The average Bonchev–Trinajstić information content (AvgIpc) is 3.38. The maximum atomic E-state index is 12.8. The van der Waals surface area contributed by atoms with Crippen molar-refractivity contribution in [1.29, 1.82) is 0 Å². The standard InChI is InChI=1S/C18H21NO3S/c20-18(16-9-5-2-6-10-16)13-19(17-11-12-17)23(21,22)14-15-7-3-1-4-8-15/h1-10,17-18,20H,11-14H2. The van der Waals surface area contributed by atoms with E-state index in [1.807, 2.05) is 60.7 Å². The van der Waals surface area contributed by atoms with Crippen LogP contribution in [0.4, 0.5) is 0 Å². The van der Waals surface area contributed by atoms with Crippen LogP contribution in [0.3, 0.4) is 0 Å². The van der Waals surface area contributed by atoms with E-state index < -0.39 is 16.1 Å². The van der Waals surface area contributed by atoms with E-state index in [1.165, 1.54) is 4.31 Å². The van der Waals surface area contributed by atoms with Gasteiger partial charge in [0.05, 0.1) is 11.9 Å². The van der Waals surface area contributed by atoms with Crippen LogP contribution in [0.5, 0.6) is 0 Å². The Morgan fingerprint density at radius 1 is 1.00 bits per heavy atom. The van der Waals surface area contributed by atoms with E-state index in [2.05, 4.69) is 0 Å². The van der Waals surface area contributed by atoms with Gasteiger partial charge in [-0.3, -0.25) is 0 Å². The molecule has 2 aromatic carbocycles. The molecule has 0 radical (unpaired) electrons. The Kier molecular flexibility index (Phi) is 4.80. The van der Waals surface area contributed by atoms with Gasteiger partial charge in [0.15, 0.2) is 0 Å². The zero-order valence-corrected chi connectivity index (χ0v) is 13.7. The molecular formula is C18H21NO3S. The quantitative estimate of drug-likeness (QED) is 0.849.